The van der Waals surface area contributed by atoms with Crippen molar-refractivity contribution >= 4 is 17.6 Å². The van der Waals surface area contributed by atoms with E-state index in [0.29, 0.717) is 22.8 Å². The number of carbonyl (C=O) groups is 1. The van der Waals surface area contributed by atoms with Crippen molar-refractivity contribution in [1.82, 2.24) is 0 Å². The van der Waals surface area contributed by atoms with E-state index in [0.717, 1.165) is 5.56 Å². The maximum absolute atomic E-state index is 11.6. The summed E-state index contributed by atoms with van der Waals surface area (Å²) in [5.74, 6) is -1.01. The molecule has 2 rings (SSSR count). The number of para-hydroxylation sites is 1. The number of methoxy groups -OCH3 is 1. The van der Waals surface area contributed by atoms with E-state index in [1.165, 1.54) is 7.11 Å². The van der Waals surface area contributed by atoms with E-state index in [-0.39, 0.29) is 0 Å². The highest BCUT2D eigenvalue weighted by Crippen LogP contribution is 2.31. The van der Waals surface area contributed by atoms with Crippen LogP contribution < -0.4 is 4.74 Å². The Hall–Kier alpha value is -2.00. The molecule has 0 aliphatic heterocycles. The largest absolute Gasteiger partial charge is 0.496 e. The fraction of sp³-hybridized carbons (Fsp3) is 0.188. The number of ether oxygens (including phenoxy) is 1. The van der Waals surface area contributed by atoms with E-state index >= 15 is 0 Å². The van der Waals surface area contributed by atoms with Gasteiger partial charge in [-0.1, -0.05) is 48.0 Å². The van der Waals surface area contributed by atoms with Gasteiger partial charge in [0.1, 0.15) is 5.75 Å². The molecule has 0 radical (unpaired) electrons. The molecule has 2 aromatic carbocycles. The molecule has 20 heavy (non-hydrogen) atoms. The second kappa shape index (κ2) is 6.44. The summed E-state index contributed by atoms with van der Waals surface area (Å²) in [6.07, 6.45) is 0.329. The van der Waals surface area contributed by atoms with E-state index in [9.17, 15) is 9.90 Å². The zero-order chi connectivity index (χ0) is 14.5. The molecule has 0 aliphatic carbocycles. The average Bonchev–Trinajstić information content (AvgIpc) is 2.46. The molecule has 0 saturated heterocycles. The van der Waals surface area contributed by atoms with Crippen LogP contribution in [0.1, 0.15) is 17.0 Å². The number of hydrogen-bond donors (Lipinski definition) is 1. The van der Waals surface area contributed by atoms with Gasteiger partial charge >= 0.3 is 5.97 Å². The van der Waals surface area contributed by atoms with Gasteiger partial charge in [-0.15, -0.1) is 0 Å². The SMILES string of the molecule is COc1ccccc1C(Cc1ccccc1Cl)C(=O)O. The van der Waals surface area contributed by atoms with Crippen LogP contribution >= 0.6 is 11.6 Å². The topological polar surface area (TPSA) is 46.5 Å². The molecule has 3 nitrogen and oxygen atoms in total. The Labute approximate surface area is 122 Å². The number of halogens is 1. The summed E-state index contributed by atoms with van der Waals surface area (Å²) in [4.78, 5) is 11.6. The normalized spacial score (nSPS) is 11.9. The van der Waals surface area contributed by atoms with Crippen molar-refractivity contribution < 1.29 is 14.6 Å². The predicted molar refractivity (Wildman–Crippen MR) is 78.5 cm³/mol. The maximum Gasteiger partial charge on any atom is 0.311 e. The number of carboxylic acid groups (broad SMARTS) is 1. The van der Waals surface area contributed by atoms with Crippen LogP contribution in [0.3, 0.4) is 0 Å². The summed E-state index contributed by atoms with van der Waals surface area (Å²) < 4.78 is 5.25. The molecule has 0 spiro atoms. The number of hydrogen-bond acceptors (Lipinski definition) is 2. The second-order valence-corrected chi connectivity index (χ2v) is 4.84. The Kier molecular flexibility index (Phi) is 4.64. The third-order valence-corrected chi connectivity index (χ3v) is 3.56. The first-order valence-corrected chi connectivity index (χ1v) is 6.60. The molecule has 4 heteroatoms. The molecule has 0 aromatic heterocycles. The van der Waals surface area contributed by atoms with Crippen LogP contribution in [0.5, 0.6) is 5.75 Å². The molecule has 0 amide bonds. The van der Waals surface area contributed by atoms with Crippen LogP contribution in [0, 0.1) is 0 Å². The van der Waals surface area contributed by atoms with Gasteiger partial charge in [0.05, 0.1) is 13.0 Å². The van der Waals surface area contributed by atoms with Crippen LogP contribution in [0.25, 0.3) is 0 Å². The molecule has 1 N–H and O–H groups in total. The Balaban J connectivity index is 2.37. The molecule has 104 valence electrons. The van der Waals surface area contributed by atoms with Crippen LogP contribution in [-0.4, -0.2) is 18.2 Å². The lowest BCUT2D eigenvalue weighted by atomic mass is 9.91. The molecular weight excluding hydrogens is 276 g/mol. The molecule has 0 aliphatic rings. The highest BCUT2D eigenvalue weighted by atomic mass is 35.5. The van der Waals surface area contributed by atoms with Crippen molar-refractivity contribution in [1.29, 1.82) is 0 Å². The molecule has 0 fully saturated rings. The van der Waals surface area contributed by atoms with Crippen LogP contribution in [0.2, 0.25) is 5.02 Å². The lowest BCUT2D eigenvalue weighted by Gasteiger charge is -2.16. The minimum absolute atomic E-state index is 0.329. The summed E-state index contributed by atoms with van der Waals surface area (Å²) >= 11 is 6.11. The number of carboxylic acids is 1. The summed E-state index contributed by atoms with van der Waals surface area (Å²) in [6.45, 7) is 0. The van der Waals surface area contributed by atoms with Crippen molar-refractivity contribution in [3.8, 4) is 5.75 Å². The molecule has 0 saturated carbocycles. The quantitative estimate of drug-likeness (QED) is 0.912. The van der Waals surface area contributed by atoms with Crippen molar-refractivity contribution in [3.63, 3.8) is 0 Å². The highest BCUT2D eigenvalue weighted by Gasteiger charge is 2.24. The van der Waals surface area contributed by atoms with E-state index in [1.54, 1.807) is 24.3 Å². The van der Waals surface area contributed by atoms with Crippen LogP contribution in [0.4, 0.5) is 0 Å². The zero-order valence-electron chi connectivity index (χ0n) is 11.0. The Morgan fingerprint density at radius 1 is 1.20 bits per heavy atom. The van der Waals surface area contributed by atoms with Crippen molar-refractivity contribution in [2.24, 2.45) is 0 Å². The summed E-state index contributed by atoms with van der Waals surface area (Å²) in [7, 11) is 1.53. The number of rotatable bonds is 5. The third-order valence-electron chi connectivity index (χ3n) is 3.19. The summed E-state index contributed by atoms with van der Waals surface area (Å²) in [6, 6.07) is 14.4. The summed E-state index contributed by atoms with van der Waals surface area (Å²) in [5, 5.41) is 10.1. The van der Waals surface area contributed by atoms with E-state index in [1.807, 2.05) is 24.3 Å². The van der Waals surface area contributed by atoms with Gasteiger partial charge < -0.3 is 9.84 Å². The first-order valence-electron chi connectivity index (χ1n) is 6.22. The molecule has 1 atom stereocenters. The fourth-order valence-corrected chi connectivity index (χ4v) is 2.38. The Morgan fingerprint density at radius 2 is 1.85 bits per heavy atom. The van der Waals surface area contributed by atoms with Crippen molar-refractivity contribution in [3.05, 3.63) is 64.7 Å². The van der Waals surface area contributed by atoms with Gasteiger partial charge in [0.15, 0.2) is 0 Å². The first kappa shape index (κ1) is 14.4. The van der Waals surface area contributed by atoms with Gasteiger partial charge in [0.2, 0.25) is 0 Å². The van der Waals surface area contributed by atoms with Gasteiger partial charge in [-0.05, 0) is 24.1 Å². The first-order chi connectivity index (χ1) is 9.63. The minimum atomic E-state index is -0.894. The van der Waals surface area contributed by atoms with E-state index in [2.05, 4.69) is 0 Å². The van der Waals surface area contributed by atoms with E-state index < -0.39 is 11.9 Å². The zero-order valence-corrected chi connectivity index (χ0v) is 11.8. The van der Waals surface area contributed by atoms with Gasteiger partial charge in [0.25, 0.3) is 0 Å². The lowest BCUT2D eigenvalue weighted by Crippen LogP contribution is -2.15. The standard InChI is InChI=1S/C16H15ClO3/c1-20-15-9-5-3-7-12(15)13(16(18)19)10-11-6-2-4-8-14(11)17/h2-9,13H,10H2,1H3,(H,18,19). The van der Waals surface area contributed by atoms with Gasteiger partial charge in [-0.25, -0.2) is 0 Å². The Bertz CT molecular complexity index is 610. The third kappa shape index (κ3) is 3.11. The molecule has 0 bridgehead atoms. The maximum atomic E-state index is 11.6. The van der Waals surface area contributed by atoms with Crippen molar-refractivity contribution in [2.75, 3.05) is 7.11 Å². The van der Waals surface area contributed by atoms with Crippen LogP contribution in [-0.2, 0) is 11.2 Å². The highest BCUT2D eigenvalue weighted by molar-refractivity contribution is 6.31. The molecule has 2 aromatic rings. The molecule has 1 unspecified atom stereocenters. The predicted octanol–water partition coefficient (Wildman–Crippen LogP) is 3.76. The lowest BCUT2D eigenvalue weighted by molar-refractivity contribution is -0.138. The Morgan fingerprint density at radius 3 is 2.50 bits per heavy atom. The molecule has 0 heterocycles. The van der Waals surface area contributed by atoms with Crippen LogP contribution in [0.15, 0.2) is 48.5 Å². The van der Waals surface area contributed by atoms with Crippen molar-refractivity contribution in [2.45, 2.75) is 12.3 Å². The van der Waals surface area contributed by atoms with Gasteiger partial charge in [0, 0.05) is 10.6 Å². The van der Waals surface area contributed by atoms with Gasteiger partial charge in [-0.2, -0.15) is 0 Å². The molecular formula is C16H15ClO3. The summed E-state index contributed by atoms with van der Waals surface area (Å²) in [5.41, 5.74) is 1.47. The fourth-order valence-electron chi connectivity index (χ4n) is 2.17. The second-order valence-electron chi connectivity index (χ2n) is 4.43. The van der Waals surface area contributed by atoms with E-state index in [4.69, 9.17) is 16.3 Å². The minimum Gasteiger partial charge on any atom is -0.496 e. The average molecular weight is 291 g/mol. The van der Waals surface area contributed by atoms with Gasteiger partial charge in [-0.3, -0.25) is 4.79 Å². The monoisotopic (exact) mass is 290 g/mol. The smallest absolute Gasteiger partial charge is 0.311 e. The number of benzene rings is 2. The number of aliphatic carboxylic acids is 1.